The average molecular weight is 432 g/mol. The zero-order valence-corrected chi connectivity index (χ0v) is 18.4. The molecule has 0 unspecified atom stereocenters. The topological polar surface area (TPSA) is 67.8 Å². The molecule has 0 spiro atoms. The lowest BCUT2D eigenvalue weighted by Gasteiger charge is -2.19. The van der Waals surface area contributed by atoms with Crippen molar-refractivity contribution in [3.8, 4) is 22.6 Å². The molecule has 0 bridgehead atoms. The van der Waals surface area contributed by atoms with Gasteiger partial charge in [-0.25, -0.2) is 0 Å². The van der Waals surface area contributed by atoms with E-state index in [1.54, 1.807) is 0 Å². The Kier molecular flexibility index (Phi) is 5.14. The predicted molar refractivity (Wildman–Crippen MR) is 126 cm³/mol. The molecule has 2 aliphatic rings. The van der Waals surface area contributed by atoms with E-state index in [9.17, 15) is 9.90 Å². The van der Waals surface area contributed by atoms with Gasteiger partial charge in [-0.15, -0.1) is 0 Å². The van der Waals surface area contributed by atoms with Gasteiger partial charge in [0.05, 0.1) is 12.0 Å². The highest BCUT2D eigenvalue weighted by Crippen LogP contribution is 2.51. The minimum absolute atomic E-state index is 0. The van der Waals surface area contributed by atoms with E-state index in [0.717, 1.165) is 46.5 Å². The van der Waals surface area contributed by atoms with Gasteiger partial charge in [-0.1, -0.05) is 44.2 Å². The highest BCUT2D eigenvalue weighted by atomic mass is 16.7. The van der Waals surface area contributed by atoms with Gasteiger partial charge >= 0.3 is 0 Å². The van der Waals surface area contributed by atoms with Crippen molar-refractivity contribution in [1.29, 1.82) is 0 Å². The lowest BCUT2D eigenvalue weighted by Crippen LogP contribution is -2.27. The minimum Gasteiger partial charge on any atom is -0.454 e. The molecule has 0 atom stereocenters. The lowest BCUT2D eigenvalue weighted by molar-refractivity contribution is -0.118. The van der Waals surface area contributed by atoms with Crippen LogP contribution in [0.25, 0.3) is 11.1 Å². The van der Waals surface area contributed by atoms with Gasteiger partial charge in [0.15, 0.2) is 11.5 Å². The van der Waals surface area contributed by atoms with Crippen LogP contribution in [0, 0.1) is 0 Å². The maximum Gasteiger partial charge on any atom is 0.235 e. The molecular weight excluding hydrogens is 402 g/mol. The van der Waals surface area contributed by atoms with E-state index in [1.165, 1.54) is 5.56 Å². The van der Waals surface area contributed by atoms with E-state index in [1.807, 2.05) is 54.6 Å². The molecule has 1 aliphatic heterocycles. The van der Waals surface area contributed by atoms with Crippen LogP contribution in [0.1, 0.15) is 50.7 Å². The molecule has 166 valence electrons. The Morgan fingerprint density at radius 3 is 2.62 bits per heavy atom. The van der Waals surface area contributed by atoms with Gasteiger partial charge in [-0.2, -0.15) is 0 Å². The molecule has 0 saturated heterocycles. The van der Waals surface area contributed by atoms with Crippen LogP contribution in [0.5, 0.6) is 11.5 Å². The number of anilines is 1. The molecule has 0 radical (unpaired) electrons. The molecule has 1 saturated carbocycles. The Morgan fingerprint density at radius 2 is 1.88 bits per heavy atom. The Bertz CT molecular complexity index is 1190. The van der Waals surface area contributed by atoms with Crippen LogP contribution in [0.4, 0.5) is 5.69 Å². The van der Waals surface area contributed by atoms with Crippen molar-refractivity contribution in [2.45, 2.75) is 44.6 Å². The summed E-state index contributed by atoms with van der Waals surface area (Å²) in [6.45, 7) is 4.54. The molecule has 1 amide bonds. The Labute approximate surface area is 189 Å². The number of fused-ring (bicyclic) bond motifs is 1. The first kappa shape index (κ1) is 20.6. The van der Waals surface area contributed by atoms with Crippen LogP contribution in [0.15, 0.2) is 60.7 Å². The van der Waals surface area contributed by atoms with Crippen molar-refractivity contribution in [3.63, 3.8) is 0 Å². The molecule has 3 aromatic rings. The van der Waals surface area contributed by atoms with Gasteiger partial charge in [0.2, 0.25) is 12.7 Å². The minimum atomic E-state index is -0.519. The van der Waals surface area contributed by atoms with E-state index < -0.39 is 5.41 Å². The third-order valence-corrected chi connectivity index (χ3v) is 6.46. The fourth-order valence-corrected chi connectivity index (χ4v) is 4.44. The maximum atomic E-state index is 13.3. The molecule has 1 aliphatic carbocycles. The fourth-order valence-electron chi connectivity index (χ4n) is 4.44. The first-order valence-electron chi connectivity index (χ1n) is 11.1. The van der Waals surface area contributed by atoms with E-state index >= 15 is 0 Å². The van der Waals surface area contributed by atoms with Gasteiger partial charge in [-0.3, -0.25) is 4.79 Å². The molecule has 0 aromatic heterocycles. The molecule has 3 aromatic carbocycles. The van der Waals surface area contributed by atoms with Crippen molar-refractivity contribution in [2.75, 3.05) is 12.1 Å². The SMILES string of the molecule is CC(C)c1ccc(NC(=O)C2(c3ccc4c(c3)OCO4)CC2)cc1-c1cccc(CO)c1.[HH]. The second-order valence-corrected chi connectivity index (χ2v) is 8.92. The molecule has 2 N–H and O–H groups in total. The Balaban J connectivity index is 0.00000259. The normalized spacial score (nSPS) is 15.6. The second kappa shape index (κ2) is 7.99. The quantitative estimate of drug-likeness (QED) is 0.532. The summed E-state index contributed by atoms with van der Waals surface area (Å²) in [4.78, 5) is 13.3. The zero-order chi connectivity index (χ0) is 22.3. The van der Waals surface area contributed by atoms with Crippen LogP contribution in [-0.2, 0) is 16.8 Å². The van der Waals surface area contributed by atoms with Crippen molar-refractivity contribution < 1.29 is 20.8 Å². The highest BCUT2D eigenvalue weighted by Gasteiger charge is 2.51. The summed E-state index contributed by atoms with van der Waals surface area (Å²) in [5, 5.41) is 12.7. The van der Waals surface area contributed by atoms with Crippen LogP contribution in [-0.4, -0.2) is 17.8 Å². The largest absolute Gasteiger partial charge is 0.454 e. The number of ether oxygens (including phenoxy) is 2. The van der Waals surface area contributed by atoms with Crippen molar-refractivity contribution in [3.05, 3.63) is 77.4 Å². The number of hydrogen-bond donors (Lipinski definition) is 2. The summed E-state index contributed by atoms with van der Waals surface area (Å²) < 4.78 is 10.9. The summed E-state index contributed by atoms with van der Waals surface area (Å²) in [7, 11) is 0. The predicted octanol–water partition coefficient (Wildman–Crippen LogP) is 5.61. The Morgan fingerprint density at radius 1 is 1.06 bits per heavy atom. The van der Waals surface area contributed by atoms with Gasteiger partial charge in [0.25, 0.3) is 0 Å². The van der Waals surface area contributed by atoms with Gasteiger partial charge in [0, 0.05) is 7.11 Å². The third kappa shape index (κ3) is 3.63. The smallest absolute Gasteiger partial charge is 0.235 e. The number of rotatable bonds is 6. The van der Waals surface area contributed by atoms with Crippen LogP contribution in [0.2, 0.25) is 0 Å². The summed E-state index contributed by atoms with van der Waals surface area (Å²) in [5.41, 5.74) is 5.40. The molecule has 5 rings (SSSR count). The van der Waals surface area contributed by atoms with E-state index in [4.69, 9.17) is 9.47 Å². The summed E-state index contributed by atoms with van der Waals surface area (Å²) >= 11 is 0. The number of carbonyl (C=O) groups is 1. The fraction of sp³-hybridized carbons (Fsp3) is 0.296. The maximum absolute atomic E-state index is 13.3. The number of hydrogen-bond acceptors (Lipinski definition) is 4. The van der Waals surface area contributed by atoms with Crippen molar-refractivity contribution in [1.82, 2.24) is 0 Å². The lowest BCUT2D eigenvalue weighted by atomic mass is 9.91. The van der Waals surface area contributed by atoms with Crippen LogP contribution in [0.3, 0.4) is 0 Å². The monoisotopic (exact) mass is 431 g/mol. The first-order chi connectivity index (χ1) is 15.5. The summed E-state index contributed by atoms with van der Waals surface area (Å²) in [6, 6.07) is 19.8. The third-order valence-electron chi connectivity index (χ3n) is 6.46. The van der Waals surface area contributed by atoms with Gasteiger partial charge in [0.1, 0.15) is 0 Å². The highest BCUT2D eigenvalue weighted by molar-refractivity contribution is 6.02. The summed E-state index contributed by atoms with van der Waals surface area (Å²) in [5.74, 6) is 1.76. The number of aliphatic hydroxyl groups is 1. The van der Waals surface area contributed by atoms with Gasteiger partial charge < -0.3 is 19.9 Å². The molecule has 5 nitrogen and oxygen atoms in total. The number of benzene rings is 3. The number of aliphatic hydroxyl groups excluding tert-OH is 1. The number of carbonyl (C=O) groups excluding carboxylic acids is 1. The molecule has 32 heavy (non-hydrogen) atoms. The second-order valence-electron chi connectivity index (χ2n) is 8.92. The van der Waals surface area contributed by atoms with E-state index in [0.29, 0.717) is 11.7 Å². The Hall–Kier alpha value is -3.31. The standard InChI is InChI=1S/C27H27NO4.H2/c1-17(2)22-8-7-21(14-23(22)19-5-3-4-18(12-19)15-29)28-26(30)27(10-11-27)20-6-9-24-25(13-20)32-16-31-24;/h3-9,12-14,17,29H,10-11,15-16H2,1-2H3,(H,28,30);1H. The number of nitrogens with one attached hydrogen (secondary N) is 1. The summed E-state index contributed by atoms with van der Waals surface area (Å²) in [6.07, 6.45) is 1.63. The van der Waals surface area contributed by atoms with Crippen LogP contribution < -0.4 is 14.8 Å². The van der Waals surface area contributed by atoms with E-state index in [2.05, 4.69) is 25.2 Å². The molecule has 1 fully saturated rings. The first-order valence-corrected chi connectivity index (χ1v) is 11.1. The number of amides is 1. The zero-order valence-electron chi connectivity index (χ0n) is 18.4. The van der Waals surface area contributed by atoms with Crippen LogP contribution >= 0.6 is 0 Å². The molecule has 1 heterocycles. The van der Waals surface area contributed by atoms with E-state index in [-0.39, 0.29) is 20.7 Å². The van der Waals surface area contributed by atoms with Crippen molar-refractivity contribution >= 4 is 11.6 Å². The molecule has 5 heteroatoms. The average Bonchev–Trinajstić information content (AvgIpc) is 3.49. The molecular formula is C27H29NO4. The van der Waals surface area contributed by atoms with Gasteiger partial charge in [-0.05, 0) is 76.9 Å². The van der Waals surface area contributed by atoms with Crippen molar-refractivity contribution in [2.24, 2.45) is 0 Å².